The molecule has 0 unspecified atom stereocenters. The van der Waals surface area contributed by atoms with Crippen LogP contribution in [0, 0.1) is 5.92 Å². The molecule has 2 nitrogen and oxygen atoms in total. The maximum Gasteiger partial charge on any atom is 0.165 e. The van der Waals surface area contributed by atoms with Gasteiger partial charge in [0.2, 0.25) is 0 Å². The number of hydrogen-bond acceptors (Lipinski definition) is 2. The third-order valence-electron chi connectivity index (χ3n) is 3.27. The van der Waals surface area contributed by atoms with Crippen molar-refractivity contribution in [1.29, 1.82) is 0 Å². The molecule has 0 aromatic carbocycles. The average molecular weight is 200 g/mol. The third-order valence-corrected chi connectivity index (χ3v) is 3.27. The zero-order valence-electron chi connectivity index (χ0n) is 10.0. The highest BCUT2D eigenvalue weighted by molar-refractivity contribution is 4.78. The smallest absolute Gasteiger partial charge is 0.165 e. The molecule has 84 valence electrons. The van der Waals surface area contributed by atoms with Crippen LogP contribution in [0.2, 0.25) is 0 Å². The molecular weight excluding hydrogens is 176 g/mol. The molecule has 3 atom stereocenters. The fourth-order valence-corrected chi connectivity index (χ4v) is 1.99. The summed E-state index contributed by atoms with van der Waals surface area (Å²) in [5.74, 6) is 0.264. The highest BCUT2D eigenvalue weighted by atomic mass is 16.7. The molecule has 1 heterocycles. The van der Waals surface area contributed by atoms with E-state index < -0.39 is 0 Å². The molecule has 14 heavy (non-hydrogen) atoms. The van der Waals surface area contributed by atoms with Crippen molar-refractivity contribution in [2.24, 2.45) is 5.92 Å². The van der Waals surface area contributed by atoms with Crippen LogP contribution in [0.25, 0.3) is 0 Å². The summed E-state index contributed by atoms with van der Waals surface area (Å²) in [6.07, 6.45) is 4.86. The van der Waals surface area contributed by atoms with Crippen molar-refractivity contribution < 1.29 is 9.47 Å². The second kappa shape index (κ2) is 5.13. The Morgan fingerprint density at radius 1 is 1.29 bits per heavy atom. The molecule has 0 spiro atoms. The third kappa shape index (κ3) is 2.71. The summed E-state index contributed by atoms with van der Waals surface area (Å²) in [4.78, 5) is 0. The predicted octanol–water partition coefficient (Wildman–Crippen LogP) is 3.35. The molecule has 1 rings (SSSR count). The van der Waals surface area contributed by atoms with Gasteiger partial charge in [-0.15, -0.1) is 0 Å². The van der Waals surface area contributed by atoms with Gasteiger partial charge < -0.3 is 9.47 Å². The second-order valence-electron chi connectivity index (χ2n) is 4.41. The van der Waals surface area contributed by atoms with Crippen molar-refractivity contribution in [3.63, 3.8) is 0 Å². The zero-order valence-corrected chi connectivity index (χ0v) is 10.0. The topological polar surface area (TPSA) is 18.5 Å². The fraction of sp³-hybridized carbons (Fsp3) is 1.00. The van der Waals surface area contributed by atoms with Crippen LogP contribution in [-0.4, -0.2) is 18.5 Å². The van der Waals surface area contributed by atoms with Gasteiger partial charge in [-0.25, -0.2) is 0 Å². The minimum Gasteiger partial charge on any atom is -0.350 e. The monoisotopic (exact) mass is 200 g/mol. The van der Waals surface area contributed by atoms with E-state index in [1.54, 1.807) is 0 Å². The van der Waals surface area contributed by atoms with Crippen molar-refractivity contribution in [3.8, 4) is 0 Å². The van der Waals surface area contributed by atoms with Crippen LogP contribution in [0.4, 0.5) is 0 Å². The molecule has 0 bridgehead atoms. The normalized spacial score (nSPS) is 38.6. The van der Waals surface area contributed by atoms with Gasteiger partial charge in [0.25, 0.3) is 0 Å². The van der Waals surface area contributed by atoms with Crippen molar-refractivity contribution in [2.45, 2.75) is 65.3 Å². The molecule has 1 aliphatic rings. The van der Waals surface area contributed by atoms with Crippen LogP contribution in [-0.2, 0) is 9.47 Å². The fourth-order valence-electron chi connectivity index (χ4n) is 1.99. The van der Waals surface area contributed by atoms with E-state index in [2.05, 4.69) is 27.7 Å². The average Bonchev–Trinajstić information content (AvgIpc) is 2.19. The molecule has 0 saturated carbocycles. The number of ether oxygens (including phenoxy) is 2. The van der Waals surface area contributed by atoms with Crippen LogP contribution >= 0.6 is 0 Å². The lowest BCUT2D eigenvalue weighted by Crippen LogP contribution is -2.46. The van der Waals surface area contributed by atoms with Gasteiger partial charge in [0, 0.05) is 5.92 Å². The SMILES string of the molecule is CCC[C@H]1O[C@](C)(CC)OC[C@H]1CC. The molecule has 0 aliphatic carbocycles. The van der Waals surface area contributed by atoms with Gasteiger partial charge in [-0.3, -0.25) is 0 Å². The molecule has 0 aromatic heterocycles. The summed E-state index contributed by atoms with van der Waals surface area (Å²) in [6, 6.07) is 0. The van der Waals surface area contributed by atoms with E-state index in [4.69, 9.17) is 9.47 Å². The van der Waals surface area contributed by atoms with Crippen LogP contribution in [0.15, 0.2) is 0 Å². The summed E-state index contributed by atoms with van der Waals surface area (Å²) in [7, 11) is 0. The number of hydrogen-bond donors (Lipinski definition) is 0. The molecule has 1 aliphatic heterocycles. The molecule has 0 N–H and O–H groups in total. The van der Waals surface area contributed by atoms with Crippen LogP contribution in [0.1, 0.15) is 53.4 Å². The van der Waals surface area contributed by atoms with E-state index >= 15 is 0 Å². The van der Waals surface area contributed by atoms with E-state index in [-0.39, 0.29) is 5.79 Å². The summed E-state index contributed by atoms with van der Waals surface area (Å²) >= 11 is 0. The van der Waals surface area contributed by atoms with E-state index in [1.807, 2.05) is 0 Å². The minimum atomic E-state index is -0.328. The summed E-state index contributed by atoms with van der Waals surface area (Å²) < 4.78 is 11.8. The first-order valence-electron chi connectivity index (χ1n) is 5.97. The van der Waals surface area contributed by atoms with Gasteiger partial charge in [0.15, 0.2) is 5.79 Å². The predicted molar refractivity (Wildman–Crippen MR) is 58.2 cm³/mol. The zero-order chi connectivity index (χ0) is 10.6. The summed E-state index contributed by atoms with van der Waals surface area (Å²) in [5.41, 5.74) is 0. The second-order valence-corrected chi connectivity index (χ2v) is 4.41. The van der Waals surface area contributed by atoms with E-state index in [1.165, 1.54) is 6.42 Å². The van der Waals surface area contributed by atoms with E-state index in [0.717, 1.165) is 25.9 Å². The van der Waals surface area contributed by atoms with Crippen LogP contribution in [0.5, 0.6) is 0 Å². The maximum atomic E-state index is 6.04. The first kappa shape index (κ1) is 12.0. The lowest BCUT2D eigenvalue weighted by Gasteiger charge is -2.42. The van der Waals surface area contributed by atoms with Crippen molar-refractivity contribution >= 4 is 0 Å². The van der Waals surface area contributed by atoms with Crippen molar-refractivity contribution in [1.82, 2.24) is 0 Å². The van der Waals surface area contributed by atoms with Gasteiger partial charge in [-0.05, 0) is 26.2 Å². The first-order chi connectivity index (χ1) is 6.65. The van der Waals surface area contributed by atoms with Gasteiger partial charge >= 0.3 is 0 Å². The highest BCUT2D eigenvalue weighted by Gasteiger charge is 2.36. The van der Waals surface area contributed by atoms with Crippen LogP contribution in [0.3, 0.4) is 0 Å². The first-order valence-corrected chi connectivity index (χ1v) is 5.97. The standard InChI is InChI=1S/C12H24O2/c1-5-8-11-10(6-2)9-13-12(4,7-3)14-11/h10-11H,5-9H2,1-4H3/t10-,11-,12-/m1/s1. The molecule has 0 aromatic rings. The Labute approximate surface area is 88.0 Å². The Bertz CT molecular complexity index is 170. The molecule has 0 amide bonds. The Hall–Kier alpha value is -0.0800. The van der Waals surface area contributed by atoms with Gasteiger partial charge in [-0.2, -0.15) is 0 Å². The highest BCUT2D eigenvalue weighted by Crippen LogP contribution is 2.32. The molecular formula is C12H24O2. The minimum absolute atomic E-state index is 0.328. The van der Waals surface area contributed by atoms with Crippen LogP contribution < -0.4 is 0 Å². The Morgan fingerprint density at radius 3 is 2.50 bits per heavy atom. The van der Waals surface area contributed by atoms with E-state index in [9.17, 15) is 0 Å². The van der Waals surface area contributed by atoms with E-state index in [0.29, 0.717) is 12.0 Å². The van der Waals surface area contributed by atoms with Crippen molar-refractivity contribution in [2.75, 3.05) is 6.61 Å². The quantitative estimate of drug-likeness (QED) is 0.693. The maximum absolute atomic E-state index is 6.04. The van der Waals surface area contributed by atoms with Gasteiger partial charge in [-0.1, -0.05) is 27.2 Å². The largest absolute Gasteiger partial charge is 0.350 e. The lowest BCUT2D eigenvalue weighted by molar-refractivity contribution is -0.304. The Morgan fingerprint density at radius 2 is 2.00 bits per heavy atom. The Kier molecular flexibility index (Phi) is 4.39. The molecule has 1 saturated heterocycles. The summed E-state index contributed by atoms with van der Waals surface area (Å²) in [5, 5.41) is 0. The molecule has 2 heteroatoms. The van der Waals surface area contributed by atoms with Gasteiger partial charge in [0.05, 0.1) is 12.7 Å². The summed E-state index contributed by atoms with van der Waals surface area (Å²) in [6.45, 7) is 9.48. The van der Waals surface area contributed by atoms with Gasteiger partial charge in [0.1, 0.15) is 0 Å². The Balaban J connectivity index is 2.56. The molecule has 0 radical (unpaired) electrons. The number of rotatable bonds is 4. The molecule has 1 fully saturated rings. The lowest BCUT2D eigenvalue weighted by atomic mass is 9.94. The van der Waals surface area contributed by atoms with Crippen molar-refractivity contribution in [3.05, 3.63) is 0 Å².